The number of rotatable bonds is 7. The van der Waals surface area contributed by atoms with Crippen LogP contribution in [0.5, 0.6) is 0 Å². The van der Waals surface area contributed by atoms with Crippen molar-refractivity contribution >= 4 is 29.9 Å². The standard InChI is InChI=1S/C16H28N4O.HI/c1-5-20(6-2)14(15-8-7-9-21-15)11-18-16(17-4)19-13-10-12(13)3;/h7-9,12-14H,5-6,10-11H2,1-4H3,(H2,17,18,19);1H. The smallest absolute Gasteiger partial charge is 0.191 e. The van der Waals surface area contributed by atoms with Gasteiger partial charge >= 0.3 is 0 Å². The summed E-state index contributed by atoms with van der Waals surface area (Å²) in [5.41, 5.74) is 0. The van der Waals surface area contributed by atoms with E-state index in [2.05, 4.69) is 41.3 Å². The second kappa shape index (κ2) is 9.39. The molecule has 0 aromatic carbocycles. The summed E-state index contributed by atoms with van der Waals surface area (Å²) in [4.78, 5) is 6.70. The van der Waals surface area contributed by atoms with Crippen LogP contribution >= 0.6 is 24.0 Å². The molecule has 0 radical (unpaired) electrons. The quantitative estimate of drug-likeness (QED) is 0.405. The monoisotopic (exact) mass is 420 g/mol. The van der Waals surface area contributed by atoms with Crippen molar-refractivity contribution in [2.45, 2.75) is 39.3 Å². The Hall–Kier alpha value is -0.760. The summed E-state index contributed by atoms with van der Waals surface area (Å²) in [6.45, 7) is 9.39. The zero-order chi connectivity index (χ0) is 15.2. The summed E-state index contributed by atoms with van der Waals surface area (Å²) in [5, 5.41) is 6.89. The van der Waals surface area contributed by atoms with E-state index >= 15 is 0 Å². The van der Waals surface area contributed by atoms with E-state index < -0.39 is 0 Å². The van der Waals surface area contributed by atoms with Crippen LogP contribution in [0, 0.1) is 5.92 Å². The zero-order valence-electron chi connectivity index (χ0n) is 14.0. The van der Waals surface area contributed by atoms with E-state index in [0.29, 0.717) is 6.04 Å². The fourth-order valence-corrected chi connectivity index (χ4v) is 2.64. The van der Waals surface area contributed by atoms with Gasteiger partial charge in [-0.1, -0.05) is 20.8 Å². The molecule has 1 aliphatic rings. The van der Waals surface area contributed by atoms with Crippen molar-refractivity contribution in [1.82, 2.24) is 15.5 Å². The molecule has 1 aromatic rings. The van der Waals surface area contributed by atoms with Gasteiger partial charge in [-0.25, -0.2) is 0 Å². The summed E-state index contributed by atoms with van der Waals surface area (Å²) in [5.74, 6) is 2.64. The number of nitrogens with zero attached hydrogens (tertiary/aromatic N) is 2. The number of nitrogens with one attached hydrogen (secondary N) is 2. The normalized spacial score (nSPS) is 22.1. The molecule has 1 aromatic heterocycles. The third-order valence-corrected chi connectivity index (χ3v) is 4.24. The molecule has 0 spiro atoms. The molecule has 1 fully saturated rings. The highest BCUT2D eigenvalue weighted by Gasteiger charge is 2.33. The van der Waals surface area contributed by atoms with Gasteiger partial charge in [0.05, 0.1) is 12.3 Å². The maximum absolute atomic E-state index is 5.61. The number of guanidine groups is 1. The molecule has 1 saturated carbocycles. The molecule has 22 heavy (non-hydrogen) atoms. The Morgan fingerprint density at radius 2 is 2.14 bits per heavy atom. The van der Waals surface area contributed by atoms with Gasteiger partial charge in [-0.15, -0.1) is 24.0 Å². The average Bonchev–Trinajstić information content (AvgIpc) is 2.96. The maximum atomic E-state index is 5.61. The first kappa shape index (κ1) is 19.3. The number of halogens is 1. The molecule has 0 bridgehead atoms. The van der Waals surface area contributed by atoms with Crippen LogP contribution in [0.1, 0.15) is 39.0 Å². The van der Waals surface area contributed by atoms with Crippen LogP contribution in [0.3, 0.4) is 0 Å². The molecule has 6 heteroatoms. The van der Waals surface area contributed by atoms with E-state index in [4.69, 9.17) is 4.42 Å². The van der Waals surface area contributed by atoms with E-state index in [1.165, 1.54) is 6.42 Å². The van der Waals surface area contributed by atoms with Gasteiger partial charge in [0.25, 0.3) is 0 Å². The highest BCUT2D eigenvalue weighted by molar-refractivity contribution is 14.0. The Balaban J connectivity index is 0.00000242. The second-order valence-corrected chi connectivity index (χ2v) is 5.67. The fourth-order valence-electron chi connectivity index (χ4n) is 2.64. The van der Waals surface area contributed by atoms with Crippen molar-refractivity contribution in [3.63, 3.8) is 0 Å². The minimum absolute atomic E-state index is 0. The lowest BCUT2D eigenvalue weighted by Gasteiger charge is -2.28. The predicted molar refractivity (Wildman–Crippen MR) is 102 cm³/mol. The highest BCUT2D eigenvalue weighted by atomic mass is 127. The van der Waals surface area contributed by atoms with Gasteiger partial charge in [-0.2, -0.15) is 0 Å². The van der Waals surface area contributed by atoms with E-state index in [-0.39, 0.29) is 30.0 Å². The van der Waals surface area contributed by atoms with E-state index in [0.717, 1.165) is 37.3 Å². The molecule has 0 saturated heterocycles. The van der Waals surface area contributed by atoms with Crippen LogP contribution in [0.4, 0.5) is 0 Å². The largest absolute Gasteiger partial charge is 0.468 e. The summed E-state index contributed by atoms with van der Waals surface area (Å²) in [6, 6.07) is 4.80. The van der Waals surface area contributed by atoms with Gasteiger partial charge in [0.15, 0.2) is 5.96 Å². The lowest BCUT2D eigenvalue weighted by Crippen LogP contribution is -2.44. The number of hydrogen-bond donors (Lipinski definition) is 2. The van der Waals surface area contributed by atoms with Crippen LogP contribution in [-0.2, 0) is 0 Å². The Kier molecular flexibility index (Phi) is 8.24. The predicted octanol–water partition coefficient (Wildman–Crippen LogP) is 2.85. The van der Waals surface area contributed by atoms with Gasteiger partial charge in [-0.05, 0) is 37.6 Å². The summed E-state index contributed by atoms with van der Waals surface area (Å²) < 4.78 is 5.61. The first-order valence-corrected chi connectivity index (χ1v) is 7.94. The Morgan fingerprint density at radius 1 is 1.45 bits per heavy atom. The molecule has 1 aliphatic carbocycles. The molecule has 3 unspecified atom stereocenters. The molecular weight excluding hydrogens is 391 g/mol. The number of hydrogen-bond acceptors (Lipinski definition) is 3. The SMILES string of the molecule is CCN(CC)C(CNC(=NC)NC1CC1C)c1ccco1.I. The number of aliphatic imine (C=N–C) groups is 1. The van der Waals surface area contributed by atoms with E-state index in [1.807, 2.05) is 19.2 Å². The van der Waals surface area contributed by atoms with Gasteiger partial charge < -0.3 is 15.1 Å². The van der Waals surface area contributed by atoms with Gasteiger partial charge in [0, 0.05) is 19.6 Å². The molecule has 0 aliphatic heterocycles. The number of likely N-dealkylation sites (N-methyl/N-ethyl adjacent to an activating group) is 1. The highest BCUT2D eigenvalue weighted by Crippen LogP contribution is 2.28. The van der Waals surface area contributed by atoms with E-state index in [9.17, 15) is 0 Å². The van der Waals surface area contributed by atoms with Crippen molar-refractivity contribution in [2.24, 2.45) is 10.9 Å². The first-order valence-electron chi connectivity index (χ1n) is 7.94. The Morgan fingerprint density at radius 3 is 2.59 bits per heavy atom. The van der Waals surface area contributed by atoms with Crippen LogP contribution < -0.4 is 10.6 Å². The molecule has 2 rings (SSSR count). The maximum Gasteiger partial charge on any atom is 0.191 e. The molecule has 0 amide bonds. The molecular formula is C16H29IN4O. The first-order chi connectivity index (χ1) is 10.2. The minimum atomic E-state index is 0. The van der Waals surface area contributed by atoms with Crippen molar-refractivity contribution in [1.29, 1.82) is 0 Å². The molecule has 2 N–H and O–H groups in total. The third kappa shape index (κ3) is 5.15. The van der Waals surface area contributed by atoms with Gasteiger partial charge in [-0.3, -0.25) is 9.89 Å². The minimum Gasteiger partial charge on any atom is -0.468 e. The van der Waals surface area contributed by atoms with Crippen molar-refractivity contribution in [3.8, 4) is 0 Å². The zero-order valence-corrected chi connectivity index (χ0v) is 16.3. The molecule has 3 atom stereocenters. The fraction of sp³-hybridized carbons (Fsp3) is 0.688. The Bertz CT molecular complexity index is 445. The number of furan rings is 1. The van der Waals surface area contributed by atoms with E-state index in [1.54, 1.807) is 6.26 Å². The van der Waals surface area contributed by atoms with Crippen molar-refractivity contribution in [3.05, 3.63) is 24.2 Å². The lowest BCUT2D eigenvalue weighted by molar-refractivity contribution is 0.193. The van der Waals surface area contributed by atoms with Gasteiger partial charge in [0.1, 0.15) is 5.76 Å². The van der Waals surface area contributed by atoms with Gasteiger partial charge in [0.2, 0.25) is 0 Å². The average molecular weight is 420 g/mol. The molecule has 126 valence electrons. The Labute approximate surface area is 150 Å². The third-order valence-electron chi connectivity index (χ3n) is 4.24. The lowest BCUT2D eigenvalue weighted by atomic mass is 10.2. The van der Waals surface area contributed by atoms with Crippen molar-refractivity contribution < 1.29 is 4.42 Å². The molecule has 1 heterocycles. The summed E-state index contributed by atoms with van der Waals surface area (Å²) >= 11 is 0. The molecule has 5 nitrogen and oxygen atoms in total. The van der Waals surface area contributed by atoms with Crippen molar-refractivity contribution in [2.75, 3.05) is 26.7 Å². The topological polar surface area (TPSA) is 52.8 Å². The summed E-state index contributed by atoms with van der Waals surface area (Å²) in [6.07, 6.45) is 2.98. The second-order valence-electron chi connectivity index (χ2n) is 5.67. The summed E-state index contributed by atoms with van der Waals surface area (Å²) in [7, 11) is 1.82. The van der Waals surface area contributed by atoms with Crippen LogP contribution in [0.2, 0.25) is 0 Å². The van der Waals surface area contributed by atoms with Crippen LogP contribution in [0.25, 0.3) is 0 Å². The van der Waals surface area contributed by atoms with Crippen LogP contribution in [0.15, 0.2) is 27.8 Å². The van der Waals surface area contributed by atoms with Crippen LogP contribution in [-0.4, -0.2) is 43.6 Å².